The Morgan fingerprint density at radius 3 is 2.06 bits per heavy atom. The number of ether oxygens (including phenoxy) is 1. The zero-order valence-corrected chi connectivity index (χ0v) is 12.6. The van der Waals surface area contributed by atoms with Crippen LogP contribution < -0.4 is 0 Å². The summed E-state index contributed by atoms with van der Waals surface area (Å²) >= 11 is 0. The standard InChI is InChI=1S/C12H24O4S/c1-9-12(7,10(2,3)4)16-17(13,14)8-11(5,6)15-9/h9H,8H2,1-7H3. The summed E-state index contributed by atoms with van der Waals surface area (Å²) in [5, 5.41) is 0. The van der Waals surface area contributed by atoms with Gasteiger partial charge in [0.25, 0.3) is 10.1 Å². The summed E-state index contributed by atoms with van der Waals surface area (Å²) < 4.78 is 35.3. The van der Waals surface area contributed by atoms with Crippen molar-refractivity contribution in [3.05, 3.63) is 0 Å². The lowest BCUT2D eigenvalue weighted by atomic mass is 9.74. The van der Waals surface area contributed by atoms with Gasteiger partial charge in [0.05, 0.1) is 11.7 Å². The molecule has 0 aromatic rings. The van der Waals surface area contributed by atoms with E-state index in [9.17, 15) is 8.42 Å². The molecule has 0 aromatic carbocycles. The molecule has 0 saturated carbocycles. The van der Waals surface area contributed by atoms with Gasteiger partial charge in [0.2, 0.25) is 0 Å². The molecule has 0 bridgehead atoms. The molecule has 0 amide bonds. The van der Waals surface area contributed by atoms with Crippen LogP contribution in [0.2, 0.25) is 0 Å². The molecule has 1 saturated heterocycles. The molecule has 5 heteroatoms. The minimum absolute atomic E-state index is 0.115. The maximum atomic E-state index is 12.0. The molecular weight excluding hydrogens is 240 g/mol. The Bertz CT molecular complexity index is 391. The van der Waals surface area contributed by atoms with Crippen molar-refractivity contribution in [1.29, 1.82) is 0 Å². The van der Waals surface area contributed by atoms with E-state index in [0.717, 1.165) is 0 Å². The van der Waals surface area contributed by atoms with E-state index in [-0.39, 0.29) is 17.3 Å². The molecule has 0 aliphatic carbocycles. The molecule has 2 atom stereocenters. The third-order valence-electron chi connectivity index (χ3n) is 3.59. The van der Waals surface area contributed by atoms with Crippen molar-refractivity contribution in [3.63, 3.8) is 0 Å². The van der Waals surface area contributed by atoms with Crippen LogP contribution in [0.1, 0.15) is 48.5 Å². The molecule has 1 heterocycles. The van der Waals surface area contributed by atoms with Crippen LogP contribution in [0.15, 0.2) is 0 Å². The molecule has 1 rings (SSSR count). The van der Waals surface area contributed by atoms with Gasteiger partial charge >= 0.3 is 0 Å². The van der Waals surface area contributed by atoms with Crippen molar-refractivity contribution in [3.8, 4) is 0 Å². The molecule has 2 unspecified atom stereocenters. The first-order valence-corrected chi connectivity index (χ1v) is 7.48. The average Bonchev–Trinajstić information content (AvgIpc) is 2.01. The van der Waals surface area contributed by atoms with E-state index in [1.165, 1.54) is 0 Å². The highest BCUT2D eigenvalue weighted by molar-refractivity contribution is 7.86. The van der Waals surface area contributed by atoms with Crippen molar-refractivity contribution in [1.82, 2.24) is 0 Å². The topological polar surface area (TPSA) is 52.6 Å². The van der Waals surface area contributed by atoms with Gasteiger partial charge in [-0.15, -0.1) is 0 Å². The van der Waals surface area contributed by atoms with Gasteiger partial charge in [-0.2, -0.15) is 8.42 Å². The molecule has 0 spiro atoms. The van der Waals surface area contributed by atoms with Crippen molar-refractivity contribution in [2.45, 2.75) is 65.8 Å². The zero-order valence-electron chi connectivity index (χ0n) is 11.8. The molecule has 102 valence electrons. The second-order valence-corrected chi connectivity index (χ2v) is 8.23. The van der Waals surface area contributed by atoms with Crippen LogP contribution >= 0.6 is 0 Å². The van der Waals surface area contributed by atoms with Crippen LogP contribution in [0.25, 0.3) is 0 Å². The second kappa shape index (κ2) is 3.93. The third-order valence-corrected chi connectivity index (χ3v) is 5.23. The Hall–Kier alpha value is -0.130. The van der Waals surface area contributed by atoms with Crippen LogP contribution in [0.3, 0.4) is 0 Å². The SMILES string of the molecule is CC1OC(C)(C)CS(=O)(=O)OC1(C)C(C)(C)C. The highest BCUT2D eigenvalue weighted by Crippen LogP contribution is 2.42. The van der Waals surface area contributed by atoms with Crippen molar-refractivity contribution in [2.24, 2.45) is 5.41 Å². The maximum absolute atomic E-state index is 12.0. The zero-order chi connectivity index (χ0) is 13.7. The van der Waals surface area contributed by atoms with E-state index < -0.39 is 21.3 Å². The fourth-order valence-electron chi connectivity index (χ4n) is 2.15. The number of hydrogen-bond donors (Lipinski definition) is 0. The van der Waals surface area contributed by atoms with E-state index in [0.29, 0.717) is 0 Å². The lowest BCUT2D eigenvalue weighted by Gasteiger charge is -2.43. The van der Waals surface area contributed by atoms with Crippen LogP contribution in [0.5, 0.6) is 0 Å². The summed E-state index contributed by atoms with van der Waals surface area (Å²) in [7, 11) is -3.58. The van der Waals surface area contributed by atoms with E-state index in [1.807, 2.05) is 27.7 Å². The van der Waals surface area contributed by atoms with Gasteiger partial charge in [0.15, 0.2) is 0 Å². The molecule has 0 N–H and O–H groups in total. The monoisotopic (exact) mass is 264 g/mol. The predicted molar refractivity (Wildman–Crippen MR) is 67.4 cm³/mol. The van der Waals surface area contributed by atoms with Gasteiger partial charge in [-0.1, -0.05) is 20.8 Å². The molecule has 0 radical (unpaired) electrons. The Balaban J connectivity index is 3.27. The number of hydrogen-bond acceptors (Lipinski definition) is 4. The van der Waals surface area contributed by atoms with Gasteiger partial charge in [-0.3, -0.25) is 4.18 Å². The summed E-state index contributed by atoms with van der Waals surface area (Å²) in [5.41, 5.74) is -1.92. The third kappa shape index (κ3) is 3.01. The molecular formula is C12H24O4S. The Morgan fingerprint density at radius 1 is 1.18 bits per heavy atom. The molecule has 1 aliphatic rings. The van der Waals surface area contributed by atoms with Crippen LogP contribution in [0.4, 0.5) is 0 Å². The summed E-state index contributed by atoms with van der Waals surface area (Å²) in [6, 6.07) is 0. The first kappa shape index (κ1) is 14.9. The van der Waals surface area contributed by atoms with Gasteiger partial charge in [-0.05, 0) is 33.1 Å². The summed E-state index contributed by atoms with van der Waals surface area (Å²) in [5.74, 6) is -0.115. The van der Waals surface area contributed by atoms with E-state index in [2.05, 4.69) is 0 Å². The van der Waals surface area contributed by atoms with E-state index in [1.54, 1.807) is 20.8 Å². The van der Waals surface area contributed by atoms with Crippen molar-refractivity contribution < 1.29 is 17.3 Å². The average molecular weight is 264 g/mol. The summed E-state index contributed by atoms with van der Waals surface area (Å²) in [4.78, 5) is 0. The fraction of sp³-hybridized carbons (Fsp3) is 1.00. The minimum Gasteiger partial charge on any atom is -0.368 e. The molecule has 4 nitrogen and oxygen atoms in total. The maximum Gasteiger partial charge on any atom is 0.270 e. The van der Waals surface area contributed by atoms with Gasteiger partial charge in [-0.25, -0.2) is 0 Å². The molecule has 0 aromatic heterocycles. The smallest absolute Gasteiger partial charge is 0.270 e. The normalized spacial score (nSPS) is 37.5. The largest absolute Gasteiger partial charge is 0.368 e. The fourth-order valence-corrected chi connectivity index (χ4v) is 4.04. The number of rotatable bonds is 0. The Kier molecular flexibility index (Phi) is 3.45. The molecule has 1 aliphatic heterocycles. The quantitative estimate of drug-likeness (QED) is 0.630. The Labute approximate surface area is 105 Å². The minimum atomic E-state index is -3.58. The Morgan fingerprint density at radius 2 is 1.65 bits per heavy atom. The first-order chi connectivity index (χ1) is 7.29. The van der Waals surface area contributed by atoms with E-state index in [4.69, 9.17) is 8.92 Å². The first-order valence-electron chi connectivity index (χ1n) is 5.90. The second-order valence-electron chi connectivity index (χ2n) is 6.66. The lowest BCUT2D eigenvalue weighted by Crippen LogP contribution is -2.52. The lowest BCUT2D eigenvalue weighted by molar-refractivity contribution is -0.153. The molecule has 17 heavy (non-hydrogen) atoms. The highest BCUT2D eigenvalue weighted by atomic mass is 32.2. The summed E-state index contributed by atoms with van der Waals surface area (Å²) in [6.07, 6.45) is -0.297. The van der Waals surface area contributed by atoms with Gasteiger partial charge in [0, 0.05) is 0 Å². The van der Waals surface area contributed by atoms with Crippen LogP contribution in [-0.2, 0) is 19.0 Å². The molecule has 1 fully saturated rings. The van der Waals surface area contributed by atoms with Crippen LogP contribution in [0, 0.1) is 5.41 Å². The van der Waals surface area contributed by atoms with Gasteiger partial charge in [0.1, 0.15) is 11.4 Å². The van der Waals surface area contributed by atoms with Crippen molar-refractivity contribution in [2.75, 3.05) is 5.75 Å². The predicted octanol–water partition coefficient (Wildman–Crippen LogP) is 2.33. The van der Waals surface area contributed by atoms with Gasteiger partial charge < -0.3 is 4.74 Å². The van der Waals surface area contributed by atoms with Crippen LogP contribution in [-0.4, -0.2) is 31.5 Å². The highest BCUT2D eigenvalue weighted by Gasteiger charge is 2.52. The van der Waals surface area contributed by atoms with E-state index >= 15 is 0 Å². The van der Waals surface area contributed by atoms with Crippen molar-refractivity contribution >= 4 is 10.1 Å². The summed E-state index contributed by atoms with van der Waals surface area (Å²) in [6.45, 7) is 13.1.